The summed E-state index contributed by atoms with van der Waals surface area (Å²) in [6.07, 6.45) is 28.0. The van der Waals surface area contributed by atoms with Crippen LogP contribution in [0.3, 0.4) is 0 Å². The summed E-state index contributed by atoms with van der Waals surface area (Å²) < 4.78 is 0. The minimum Gasteiger partial charge on any atom is -0.395 e. The van der Waals surface area contributed by atoms with Gasteiger partial charge in [-0.3, -0.25) is 4.79 Å². The highest BCUT2D eigenvalue weighted by Crippen LogP contribution is 2.01. The van der Waals surface area contributed by atoms with Crippen molar-refractivity contribution in [2.45, 2.75) is 71.1 Å². The molecule has 3 nitrogen and oxygen atoms in total. The second kappa shape index (κ2) is 20.4. The Bertz CT molecular complexity index is 408. The molecule has 0 saturated heterocycles. The van der Waals surface area contributed by atoms with Gasteiger partial charge < -0.3 is 10.4 Å². The van der Waals surface area contributed by atoms with Crippen molar-refractivity contribution in [3.8, 4) is 0 Å². The lowest BCUT2D eigenvalue weighted by Crippen LogP contribution is -2.25. The number of hydrogen-bond donors (Lipinski definition) is 2. The fourth-order valence-electron chi connectivity index (χ4n) is 2.23. The van der Waals surface area contributed by atoms with Gasteiger partial charge in [0.15, 0.2) is 0 Å². The van der Waals surface area contributed by atoms with Crippen LogP contribution in [-0.2, 0) is 4.79 Å². The molecular weight excluding hydrogens is 310 g/mol. The zero-order valence-corrected chi connectivity index (χ0v) is 16.0. The molecule has 0 rings (SSSR count). The molecule has 0 aliphatic carbocycles. The van der Waals surface area contributed by atoms with E-state index >= 15 is 0 Å². The van der Waals surface area contributed by atoms with Gasteiger partial charge in [0.1, 0.15) is 0 Å². The number of aliphatic hydroxyl groups excluding tert-OH is 1. The molecule has 0 aromatic rings. The van der Waals surface area contributed by atoms with Crippen molar-refractivity contribution < 1.29 is 9.90 Å². The van der Waals surface area contributed by atoms with E-state index in [4.69, 9.17) is 5.11 Å². The molecule has 0 saturated carbocycles. The van der Waals surface area contributed by atoms with Crippen LogP contribution in [0.15, 0.2) is 48.6 Å². The van der Waals surface area contributed by atoms with E-state index in [2.05, 4.69) is 60.8 Å². The van der Waals surface area contributed by atoms with Crippen LogP contribution in [0.4, 0.5) is 0 Å². The predicted molar refractivity (Wildman–Crippen MR) is 108 cm³/mol. The lowest BCUT2D eigenvalue weighted by Gasteiger charge is -2.00. The summed E-state index contributed by atoms with van der Waals surface area (Å²) in [5.41, 5.74) is 0. The van der Waals surface area contributed by atoms with E-state index in [9.17, 15) is 4.79 Å². The third kappa shape index (κ3) is 20.3. The van der Waals surface area contributed by atoms with Crippen LogP contribution < -0.4 is 5.32 Å². The lowest BCUT2D eigenvalue weighted by molar-refractivity contribution is -0.121. The third-order valence-corrected chi connectivity index (χ3v) is 3.67. The number of carbonyl (C=O) groups is 1. The van der Waals surface area contributed by atoms with Crippen LogP contribution in [-0.4, -0.2) is 24.2 Å². The molecule has 0 aliphatic rings. The van der Waals surface area contributed by atoms with Gasteiger partial charge in [-0.05, 0) is 44.9 Å². The van der Waals surface area contributed by atoms with Crippen molar-refractivity contribution >= 4 is 5.91 Å². The van der Waals surface area contributed by atoms with Gasteiger partial charge in [-0.25, -0.2) is 0 Å². The van der Waals surface area contributed by atoms with Crippen LogP contribution in [0.2, 0.25) is 0 Å². The fourth-order valence-corrected chi connectivity index (χ4v) is 2.23. The molecule has 0 aromatic carbocycles. The Hall–Kier alpha value is -1.61. The van der Waals surface area contributed by atoms with Crippen LogP contribution >= 0.6 is 0 Å². The number of hydrogen-bond acceptors (Lipinski definition) is 2. The SMILES string of the molecule is CCCCC/C=C\C/C=C\C/C=C/C/C=C\CCCC(=O)NCCO. The normalized spacial score (nSPS) is 12.2. The first-order valence-corrected chi connectivity index (χ1v) is 9.78. The van der Waals surface area contributed by atoms with Crippen molar-refractivity contribution in [1.29, 1.82) is 0 Å². The molecule has 0 bridgehead atoms. The van der Waals surface area contributed by atoms with Gasteiger partial charge >= 0.3 is 0 Å². The van der Waals surface area contributed by atoms with Crippen molar-refractivity contribution in [2.75, 3.05) is 13.2 Å². The monoisotopic (exact) mass is 347 g/mol. The van der Waals surface area contributed by atoms with Crippen LogP contribution in [0, 0.1) is 0 Å². The van der Waals surface area contributed by atoms with E-state index in [1.54, 1.807) is 0 Å². The summed E-state index contributed by atoms with van der Waals surface area (Å²) in [5.74, 6) is 0.0185. The van der Waals surface area contributed by atoms with Crippen molar-refractivity contribution in [2.24, 2.45) is 0 Å². The van der Waals surface area contributed by atoms with E-state index < -0.39 is 0 Å². The van der Waals surface area contributed by atoms with Crippen LogP contribution in [0.1, 0.15) is 71.1 Å². The highest BCUT2D eigenvalue weighted by Gasteiger charge is 1.97. The molecule has 0 aliphatic heterocycles. The Morgan fingerprint density at radius 2 is 1.32 bits per heavy atom. The lowest BCUT2D eigenvalue weighted by atomic mass is 10.2. The van der Waals surface area contributed by atoms with Gasteiger partial charge in [-0.1, -0.05) is 68.4 Å². The highest BCUT2D eigenvalue weighted by molar-refractivity contribution is 5.75. The molecule has 3 heteroatoms. The van der Waals surface area contributed by atoms with Gasteiger partial charge in [0.05, 0.1) is 6.61 Å². The van der Waals surface area contributed by atoms with E-state index in [1.807, 2.05) is 0 Å². The van der Waals surface area contributed by atoms with E-state index in [0.717, 1.165) is 32.1 Å². The number of aliphatic hydroxyl groups is 1. The summed E-state index contributed by atoms with van der Waals surface area (Å²) >= 11 is 0. The summed E-state index contributed by atoms with van der Waals surface area (Å²) in [5, 5.41) is 11.2. The Balaban J connectivity index is 3.44. The standard InChI is InChI=1S/C22H37NO2/c1-2-3-4-5-6-7-8-9-10-11-12-13-14-15-16-17-18-19-22(25)23-20-21-24/h6-7,9-10,12-13,15-16,24H,2-5,8,11,14,17-21H2,1H3,(H,23,25)/b7-6-,10-9-,13-12+,16-15-. The Morgan fingerprint density at radius 1 is 0.800 bits per heavy atom. The number of unbranched alkanes of at least 4 members (excludes halogenated alkanes) is 4. The maximum Gasteiger partial charge on any atom is 0.220 e. The summed E-state index contributed by atoms with van der Waals surface area (Å²) in [6.45, 7) is 2.59. The molecule has 0 unspecified atom stereocenters. The predicted octanol–water partition coefficient (Wildman–Crippen LogP) is 5.24. The number of rotatable bonds is 16. The second-order valence-electron chi connectivity index (χ2n) is 6.05. The van der Waals surface area contributed by atoms with E-state index in [0.29, 0.717) is 13.0 Å². The smallest absolute Gasteiger partial charge is 0.220 e. The Kier molecular flexibility index (Phi) is 19.1. The minimum atomic E-state index is 0.00289. The number of nitrogens with one attached hydrogen (secondary N) is 1. The number of carbonyl (C=O) groups excluding carboxylic acids is 1. The largest absolute Gasteiger partial charge is 0.395 e. The molecular formula is C22H37NO2. The van der Waals surface area contributed by atoms with Gasteiger partial charge in [-0.2, -0.15) is 0 Å². The van der Waals surface area contributed by atoms with Gasteiger partial charge in [0.2, 0.25) is 5.91 Å². The zero-order valence-electron chi connectivity index (χ0n) is 16.0. The first-order chi connectivity index (χ1) is 12.3. The topological polar surface area (TPSA) is 49.3 Å². The average Bonchev–Trinajstić information content (AvgIpc) is 2.62. The first kappa shape index (κ1) is 23.4. The summed E-state index contributed by atoms with van der Waals surface area (Å²) in [6, 6.07) is 0. The van der Waals surface area contributed by atoms with Gasteiger partial charge in [-0.15, -0.1) is 0 Å². The second-order valence-corrected chi connectivity index (χ2v) is 6.05. The summed E-state index contributed by atoms with van der Waals surface area (Å²) in [7, 11) is 0. The van der Waals surface area contributed by atoms with E-state index in [-0.39, 0.29) is 12.5 Å². The molecule has 142 valence electrons. The highest BCUT2D eigenvalue weighted by atomic mass is 16.3. The molecule has 0 fully saturated rings. The first-order valence-electron chi connectivity index (χ1n) is 9.78. The maximum absolute atomic E-state index is 11.3. The van der Waals surface area contributed by atoms with Crippen LogP contribution in [0.25, 0.3) is 0 Å². The van der Waals surface area contributed by atoms with E-state index in [1.165, 1.54) is 25.7 Å². The molecule has 0 atom stereocenters. The van der Waals surface area contributed by atoms with Crippen molar-refractivity contribution in [3.63, 3.8) is 0 Å². The average molecular weight is 348 g/mol. The van der Waals surface area contributed by atoms with Gasteiger partial charge in [0, 0.05) is 13.0 Å². The molecule has 0 radical (unpaired) electrons. The van der Waals surface area contributed by atoms with Crippen LogP contribution in [0.5, 0.6) is 0 Å². The number of amides is 1. The zero-order chi connectivity index (χ0) is 18.4. The minimum absolute atomic E-state index is 0.00289. The quantitative estimate of drug-likeness (QED) is 0.296. The number of allylic oxidation sites excluding steroid dienone is 8. The van der Waals surface area contributed by atoms with Gasteiger partial charge in [0.25, 0.3) is 0 Å². The molecule has 1 amide bonds. The third-order valence-electron chi connectivity index (χ3n) is 3.67. The Morgan fingerprint density at radius 3 is 1.84 bits per heavy atom. The Labute approximate surface area is 154 Å². The van der Waals surface area contributed by atoms with Crippen molar-refractivity contribution in [3.05, 3.63) is 48.6 Å². The molecule has 0 spiro atoms. The fraction of sp³-hybridized carbons (Fsp3) is 0.591. The molecule has 0 heterocycles. The summed E-state index contributed by atoms with van der Waals surface area (Å²) in [4.78, 5) is 11.3. The molecule has 2 N–H and O–H groups in total. The maximum atomic E-state index is 11.3. The molecule has 25 heavy (non-hydrogen) atoms. The van der Waals surface area contributed by atoms with Crippen molar-refractivity contribution in [1.82, 2.24) is 5.32 Å². The molecule has 0 aromatic heterocycles.